The molecular formula is C13H22N2O3. The molecule has 0 aromatic heterocycles. The van der Waals surface area contributed by atoms with Crippen LogP contribution in [-0.4, -0.2) is 53.5 Å². The Labute approximate surface area is 108 Å². The van der Waals surface area contributed by atoms with Gasteiger partial charge in [0.25, 0.3) is 0 Å². The molecule has 1 aliphatic heterocycles. The van der Waals surface area contributed by atoms with Gasteiger partial charge in [0.1, 0.15) is 6.04 Å². The van der Waals surface area contributed by atoms with E-state index in [4.69, 9.17) is 0 Å². The van der Waals surface area contributed by atoms with Crippen LogP contribution in [0.4, 0.5) is 4.79 Å². The number of likely N-dealkylation sites (tertiary alicyclic amines) is 1. The fourth-order valence-electron chi connectivity index (χ4n) is 2.32. The predicted molar refractivity (Wildman–Crippen MR) is 69.4 cm³/mol. The molecule has 1 unspecified atom stereocenters. The lowest BCUT2D eigenvalue weighted by molar-refractivity contribution is -0.125. The minimum atomic E-state index is -1.02. The normalized spacial score (nSPS) is 23.4. The van der Waals surface area contributed by atoms with Crippen molar-refractivity contribution in [2.24, 2.45) is 5.41 Å². The quantitative estimate of drug-likeness (QED) is 0.725. The lowest BCUT2D eigenvalue weighted by Crippen LogP contribution is -2.55. The number of carbonyl (C=O) groups excluding carboxylic acids is 1. The number of hydrogen-bond donors (Lipinski definition) is 1. The van der Waals surface area contributed by atoms with Crippen LogP contribution in [0.15, 0.2) is 11.8 Å². The van der Waals surface area contributed by atoms with Crippen molar-refractivity contribution in [3.8, 4) is 0 Å². The van der Waals surface area contributed by atoms with Crippen molar-refractivity contribution in [2.45, 2.75) is 33.2 Å². The summed E-state index contributed by atoms with van der Waals surface area (Å²) in [5, 5.41) is 9.20. The summed E-state index contributed by atoms with van der Waals surface area (Å²) in [5.41, 5.74) is 0.304. The summed E-state index contributed by atoms with van der Waals surface area (Å²) in [6, 6.07) is -0.602. The Hall–Kier alpha value is -1.52. The fourth-order valence-corrected chi connectivity index (χ4v) is 2.32. The van der Waals surface area contributed by atoms with E-state index < -0.39 is 17.6 Å². The summed E-state index contributed by atoms with van der Waals surface area (Å²) in [6.07, 6.45) is 1.25. The number of hydrogen-bond acceptors (Lipinski definition) is 3. The summed E-state index contributed by atoms with van der Waals surface area (Å²) in [7, 11) is 3.71. The van der Waals surface area contributed by atoms with Gasteiger partial charge in [-0.15, -0.1) is 0 Å². The maximum absolute atomic E-state index is 12.4. The van der Waals surface area contributed by atoms with Gasteiger partial charge in [0.2, 0.25) is 0 Å². The van der Waals surface area contributed by atoms with Gasteiger partial charge in [-0.3, -0.25) is 9.69 Å². The van der Waals surface area contributed by atoms with Gasteiger partial charge in [-0.05, 0) is 11.8 Å². The highest BCUT2D eigenvalue weighted by molar-refractivity contribution is 6.02. The Morgan fingerprint density at radius 2 is 2.00 bits per heavy atom. The van der Waals surface area contributed by atoms with E-state index in [-0.39, 0.29) is 5.78 Å². The summed E-state index contributed by atoms with van der Waals surface area (Å²) in [4.78, 5) is 26.7. The third-order valence-corrected chi connectivity index (χ3v) is 2.98. The maximum atomic E-state index is 12.4. The van der Waals surface area contributed by atoms with E-state index in [0.29, 0.717) is 18.5 Å². The maximum Gasteiger partial charge on any atom is 0.407 e. The molecule has 0 aromatic rings. The average Bonchev–Trinajstić information content (AvgIpc) is 2.17. The van der Waals surface area contributed by atoms with Crippen LogP contribution in [0.25, 0.3) is 0 Å². The van der Waals surface area contributed by atoms with Crippen molar-refractivity contribution in [3.63, 3.8) is 0 Å². The zero-order valence-electron chi connectivity index (χ0n) is 11.7. The van der Waals surface area contributed by atoms with E-state index in [2.05, 4.69) is 0 Å². The SMILES string of the molecule is CN(C)C=C1CCN(C(=O)O)C(C(C)(C)C)C1=O. The third-order valence-electron chi connectivity index (χ3n) is 2.98. The van der Waals surface area contributed by atoms with Crippen molar-refractivity contribution in [2.75, 3.05) is 20.6 Å². The van der Waals surface area contributed by atoms with Gasteiger partial charge < -0.3 is 10.0 Å². The highest BCUT2D eigenvalue weighted by Crippen LogP contribution is 2.32. The molecule has 1 saturated heterocycles. The van der Waals surface area contributed by atoms with Gasteiger partial charge in [0.15, 0.2) is 5.78 Å². The number of piperidine rings is 1. The molecule has 0 saturated carbocycles. The van der Waals surface area contributed by atoms with Crippen LogP contribution in [-0.2, 0) is 4.79 Å². The zero-order valence-corrected chi connectivity index (χ0v) is 11.7. The van der Waals surface area contributed by atoms with Gasteiger partial charge in [-0.25, -0.2) is 4.79 Å². The Morgan fingerprint density at radius 1 is 1.44 bits per heavy atom. The van der Waals surface area contributed by atoms with E-state index >= 15 is 0 Å². The standard InChI is InChI=1S/C13H22N2O3/c1-13(2,3)11-10(16)9(8-14(4)5)6-7-15(11)12(17)18/h8,11H,6-7H2,1-5H3,(H,17,18). The Balaban J connectivity index is 3.11. The Bertz CT molecular complexity index is 380. The molecule has 5 heteroatoms. The van der Waals surface area contributed by atoms with Crippen molar-refractivity contribution in [1.82, 2.24) is 9.80 Å². The van der Waals surface area contributed by atoms with Gasteiger partial charge in [-0.2, -0.15) is 0 Å². The molecule has 1 N–H and O–H groups in total. The minimum Gasteiger partial charge on any atom is -0.465 e. The lowest BCUT2D eigenvalue weighted by Gasteiger charge is -2.41. The first-order valence-electron chi connectivity index (χ1n) is 6.05. The van der Waals surface area contributed by atoms with E-state index in [1.54, 1.807) is 6.20 Å². The molecule has 1 heterocycles. The van der Waals surface area contributed by atoms with Crippen molar-refractivity contribution >= 4 is 11.9 Å². The summed E-state index contributed by atoms with van der Waals surface area (Å²) < 4.78 is 0. The van der Waals surface area contributed by atoms with Crippen LogP contribution in [0.3, 0.4) is 0 Å². The fraction of sp³-hybridized carbons (Fsp3) is 0.692. The monoisotopic (exact) mass is 254 g/mol. The van der Waals surface area contributed by atoms with Crippen LogP contribution in [0, 0.1) is 5.41 Å². The molecule has 102 valence electrons. The third kappa shape index (κ3) is 3.03. The highest BCUT2D eigenvalue weighted by atomic mass is 16.4. The number of Topliss-reactive ketones (excluding diaryl/α,β-unsaturated/α-hetero) is 1. The summed E-state index contributed by atoms with van der Waals surface area (Å²) in [6.45, 7) is 6.06. The summed E-state index contributed by atoms with van der Waals surface area (Å²) >= 11 is 0. The van der Waals surface area contributed by atoms with Crippen LogP contribution in [0.2, 0.25) is 0 Å². The average molecular weight is 254 g/mol. The number of nitrogens with zero attached hydrogens (tertiary/aromatic N) is 2. The minimum absolute atomic E-state index is 0.0788. The molecule has 1 amide bonds. The molecule has 0 bridgehead atoms. The number of rotatable bonds is 1. The van der Waals surface area contributed by atoms with Gasteiger partial charge in [0.05, 0.1) is 0 Å². The molecule has 0 aromatic carbocycles. The molecule has 18 heavy (non-hydrogen) atoms. The van der Waals surface area contributed by atoms with Crippen molar-refractivity contribution in [1.29, 1.82) is 0 Å². The van der Waals surface area contributed by atoms with Crippen LogP contribution < -0.4 is 0 Å². The number of carboxylic acid groups (broad SMARTS) is 1. The Kier molecular flexibility index (Phi) is 4.04. The number of ketones is 1. The molecule has 1 atom stereocenters. The first-order chi connectivity index (χ1) is 8.14. The zero-order chi connectivity index (χ0) is 14.1. The van der Waals surface area contributed by atoms with Crippen LogP contribution in [0.1, 0.15) is 27.2 Å². The second-order valence-corrected chi connectivity index (χ2v) is 5.98. The molecule has 1 aliphatic rings. The number of amides is 1. The topological polar surface area (TPSA) is 60.9 Å². The van der Waals surface area contributed by atoms with E-state index in [9.17, 15) is 14.7 Å². The molecule has 1 fully saturated rings. The van der Waals surface area contributed by atoms with Gasteiger partial charge in [0, 0.05) is 32.4 Å². The highest BCUT2D eigenvalue weighted by Gasteiger charge is 2.43. The van der Waals surface area contributed by atoms with E-state index in [0.717, 1.165) is 0 Å². The first-order valence-corrected chi connectivity index (χ1v) is 6.05. The molecule has 0 radical (unpaired) electrons. The second-order valence-electron chi connectivity index (χ2n) is 5.98. The molecule has 0 aliphatic carbocycles. The van der Waals surface area contributed by atoms with Crippen molar-refractivity contribution < 1.29 is 14.7 Å². The Morgan fingerprint density at radius 3 is 2.39 bits per heavy atom. The van der Waals surface area contributed by atoms with Crippen LogP contribution in [0.5, 0.6) is 0 Å². The largest absolute Gasteiger partial charge is 0.465 e. The molecular weight excluding hydrogens is 232 g/mol. The van der Waals surface area contributed by atoms with Gasteiger partial charge >= 0.3 is 6.09 Å². The lowest BCUT2D eigenvalue weighted by atomic mass is 9.78. The predicted octanol–water partition coefficient (Wildman–Crippen LogP) is 1.80. The second kappa shape index (κ2) is 5.00. The molecule has 0 spiro atoms. The van der Waals surface area contributed by atoms with Crippen molar-refractivity contribution in [3.05, 3.63) is 11.8 Å². The van der Waals surface area contributed by atoms with Gasteiger partial charge in [-0.1, -0.05) is 20.8 Å². The molecule has 1 rings (SSSR count). The number of carbonyl (C=O) groups is 2. The molecule has 5 nitrogen and oxygen atoms in total. The smallest absolute Gasteiger partial charge is 0.407 e. The summed E-state index contributed by atoms with van der Waals surface area (Å²) in [5.74, 6) is -0.0788. The van der Waals surface area contributed by atoms with Crippen LogP contribution >= 0.6 is 0 Å². The first kappa shape index (κ1) is 14.5. The van der Waals surface area contributed by atoms with E-state index in [1.807, 2.05) is 39.8 Å². The van der Waals surface area contributed by atoms with E-state index in [1.165, 1.54) is 4.90 Å².